The van der Waals surface area contributed by atoms with Gasteiger partial charge in [-0.15, -0.1) is 0 Å². The largest absolute Gasteiger partial charge is 0.378 e. The zero-order valence-electron chi connectivity index (χ0n) is 12.5. The van der Waals surface area contributed by atoms with E-state index in [0.717, 1.165) is 25.6 Å². The Hall–Kier alpha value is -0.160. The van der Waals surface area contributed by atoms with Crippen molar-refractivity contribution in [1.29, 1.82) is 0 Å². The van der Waals surface area contributed by atoms with Crippen molar-refractivity contribution in [3.8, 4) is 0 Å². The third kappa shape index (κ3) is 4.71. The summed E-state index contributed by atoms with van der Waals surface area (Å²) in [5.74, 6) is 0. The quantitative estimate of drug-likeness (QED) is 0.738. The number of piperidine rings is 2. The second-order valence-electron chi connectivity index (χ2n) is 5.91. The van der Waals surface area contributed by atoms with E-state index in [1.165, 1.54) is 58.4 Å². The van der Waals surface area contributed by atoms with Crippen LogP contribution in [0.4, 0.5) is 0 Å². The first-order valence-electron chi connectivity index (χ1n) is 8.11. The minimum absolute atomic E-state index is 0.485. The third-order valence-corrected chi connectivity index (χ3v) is 4.70. The monoisotopic (exact) mass is 269 g/mol. The molecule has 2 saturated heterocycles. The molecule has 4 heteroatoms. The Morgan fingerprint density at radius 2 is 1.74 bits per heavy atom. The minimum Gasteiger partial charge on any atom is -0.378 e. The fraction of sp³-hybridized carbons (Fsp3) is 1.00. The Morgan fingerprint density at radius 1 is 1.05 bits per heavy atom. The lowest BCUT2D eigenvalue weighted by atomic mass is 9.99. The third-order valence-electron chi connectivity index (χ3n) is 4.70. The molecule has 112 valence electrons. The zero-order chi connectivity index (χ0) is 13.5. The summed E-state index contributed by atoms with van der Waals surface area (Å²) in [4.78, 5) is 5.27. The molecule has 0 atom stereocenters. The molecule has 2 fully saturated rings. The van der Waals surface area contributed by atoms with Gasteiger partial charge >= 0.3 is 0 Å². The van der Waals surface area contributed by atoms with Crippen LogP contribution in [0.5, 0.6) is 0 Å². The SMILES string of the molecule is CCN1CCC(N2CCC(OCCCN)CC2)CC1. The van der Waals surface area contributed by atoms with Crippen LogP contribution in [0, 0.1) is 0 Å². The summed E-state index contributed by atoms with van der Waals surface area (Å²) in [5, 5.41) is 0. The van der Waals surface area contributed by atoms with Gasteiger partial charge in [0.25, 0.3) is 0 Å². The molecule has 0 aromatic heterocycles. The summed E-state index contributed by atoms with van der Waals surface area (Å²) < 4.78 is 5.88. The molecule has 19 heavy (non-hydrogen) atoms. The summed E-state index contributed by atoms with van der Waals surface area (Å²) in [7, 11) is 0. The highest BCUT2D eigenvalue weighted by atomic mass is 16.5. The van der Waals surface area contributed by atoms with Crippen molar-refractivity contribution in [3.05, 3.63) is 0 Å². The number of nitrogens with two attached hydrogens (primary N) is 1. The van der Waals surface area contributed by atoms with Crippen LogP contribution in [0.1, 0.15) is 39.0 Å². The van der Waals surface area contributed by atoms with Gasteiger partial charge in [0, 0.05) is 25.7 Å². The first-order chi connectivity index (χ1) is 9.33. The van der Waals surface area contributed by atoms with Gasteiger partial charge in [0.1, 0.15) is 0 Å². The van der Waals surface area contributed by atoms with Crippen molar-refractivity contribution in [2.75, 3.05) is 45.9 Å². The molecule has 0 aromatic carbocycles. The highest BCUT2D eigenvalue weighted by Gasteiger charge is 2.27. The summed E-state index contributed by atoms with van der Waals surface area (Å²) in [6, 6.07) is 0.827. The van der Waals surface area contributed by atoms with Gasteiger partial charge in [-0.05, 0) is 58.3 Å². The maximum Gasteiger partial charge on any atom is 0.0599 e. The zero-order valence-corrected chi connectivity index (χ0v) is 12.5. The van der Waals surface area contributed by atoms with Gasteiger partial charge in [-0.25, -0.2) is 0 Å². The standard InChI is InChI=1S/C15H31N3O/c1-2-17-9-4-14(5-10-17)18-11-6-15(7-12-18)19-13-3-8-16/h14-15H,2-13,16H2,1H3. The molecular formula is C15H31N3O. The van der Waals surface area contributed by atoms with Crippen molar-refractivity contribution >= 4 is 0 Å². The maximum atomic E-state index is 5.88. The predicted molar refractivity (Wildman–Crippen MR) is 79.4 cm³/mol. The Labute approximate surface area is 118 Å². The highest BCUT2D eigenvalue weighted by Crippen LogP contribution is 2.22. The Kier molecular flexibility index (Phi) is 6.57. The van der Waals surface area contributed by atoms with Crippen LogP contribution in [0.25, 0.3) is 0 Å². The van der Waals surface area contributed by atoms with Gasteiger partial charge in [-0.2, -0.15) is 0 Å². The molecule has 0 amide bonds. The topological polar surface area (TPSA) is 41.7 Å². The Balaban J connectivity index is 1.63. The second-order valence-corrected chi connectivity index (χ2v) is 5.91. The number of likely N-dealkylation sites (tertiary alicyclic amines) is 2. The van der Waals surface area contributed by atoms with Crippen LogP contribution in [0.2, 0.25) is 0 Å². The highest BCUT2D eigenvalue weighted by molar-refractivity contribution is 4.83. The smallest absolute Gasteiger partial charge is 0.0599 e. The van der Waals surface area contributed by atoms with Crippen LogP contribution in [-0.2, 0) is 4.74 Å². The van der Waals surface area contributed by atoms with Crippen molar-refractivity contribution in [3.63, 3.8) is 0 Å². The van der Waals surface area contributed by atoms with E-state index in [2.05, 4.69) is 16.7 Å². The van der Waals surface area contributed by atoms with Crippen LogP contribution in [0.15, 0.2) is 0 Å². The molecule has 2 aliphatic rings. The van der Waals surface area contributed by atoms with Crippen molar-refractivity contribution in [1.82, 2.24) is 9.80 Å². The molecule has 0 saturated carbocycles. The fourth-order valence-electron chi connectivity index (χ4n) is 3.34. The van der Waals surface area contributed by atoms with E-state index in [0.29, 0.717) is 6.10 Å². The van der Waals surface area contributed by atoms with E-state index in [4.69, 9.17) is 10.5 Å². The first kappa shape index (κ1) is 15.2. The number of ether oxygens (including phenoxy) is 1. The van der Waals surface area contributed by atoms with Gasteiger partial charge in [0.2, 0.25) is 0 Å². The van der Waals surface area contributed by atoms with E-state index >= 15 is 0 Å². The molecule has 0 aliphatic carbocycles. The normalized spacial score (nSPS) is 24.9. The summed E-state index contributed by atoms with van der Waals surface area (Å²) in [6.07, 6.45) is 6.60. The number of rotatable bonds is 6. The van der Waals surface area contributed by atoms with Crippen LogP contribution < -0.4 is 5.73 Å². The van der Waals surface area contributed by atoms with Gasteiger partial charge in [0.15, 0.2) is 0 Å². The van der Waals surface area contributed by atoms with Crippen LogP contribution in [-0.4, -0.2) is 67.8 Å². The van der Waals surface area contributed by atoms with Crippen molar-refractivity contribution in [2.24, 2.45) is 5.73 Å². The minimum atomic E-state index is 0.485. The molecule has 0 aromatic rings. The van der Waals surface area contributed by atoms with E-state index in [1.807, 2.05) is 0 Å². The summed E-state index contributed by atoms with van der Waals surface area (Å²) >= 11 is 0. The summed E-state index contributed by atoms with van der Waals surface area (Å²) in [6.45, 7) is 10.1. The predicted octanol–water partition coefficient (Wildman–Crippen LogP) is 1.30. The van der Waals surface area contributed by atoms with Gasteiger partial charge in [-0.3, -0.25) is 0 Å². The van der Waals surface area contributed by atoms with E-state index in [1.54, 1.807) is 0 Å². The molecule has 0 bridgehead atoms. The first-order valence-corrected chi connectivity index (χ1v) is 8.11. The molecule has 4 nitrogen and oxygen atoms in total. The van der Waals surface area contributed by atoms with Crippen molar-refractivity contribution in [2.45, 2.75) is 51.2 Å². The van der Waals surface area contributed by atoms with Gasteiger partial charge in [-0.1, -0.05) is 6.92 Å². The second kappa shape index (κ2) is 8.20. The molecular weight excluding hydrogens is 238 g/mol. The van der Waals surface area contributed by atoms with Crippen molar-refractivity contribution < 1.29 is 4.74 Å². The van der Waals surface area contributed by atoms with Gasteiger partial charge in [0.05, 0.1) is 6.10 Å². The van der Waals surface area contributed by atoms with Crippen LogP contribution in [0.3, 0.4) is 0 Å². The average molecular weight is 269 g/mol. The number of hydrogen-bond acceptors (Lipinski definition) is 4. The summed E-state index contributed by atoms with van der Waals surface area (Å²) in [5.41, 5.74) is 5.49. The lowest BCUT2D eigenvalue weighted by Gasteiger charge is -2.41. The Morgan fingerprint density at radius 3 is 2.32 bits per heavy atom. The molecule has 2 aliphatic heterocycles. The molecule has 0 unspecified atom stereocenters. The van der Waals surface area contributed by atoms with E-state index in [-0.39, 0.29) is 0 Å². The molecule has 0 spiro atoms. The fourth-order valence-corrected chi connectivity index (χ4v) is 3.34. The number of hydrogen-bond donors (Lipinski definition) is 1. The molecule has 2 heterocycles. The van der Waals surface area contributed by atoms with E-state index < -0.39 is 0 Å². The molecule has 0 radical (unpaired) electrons. The lowest BCUT2D eigenvalue weighted by Crippen LogP contribution is -2.48. The number of nitrogens with zero attached hydrogens (tertiary/aromatic N) is 2. The maximum absolute atomic E-state index is 5.88. The lowest BCUT2D eigenvalue weighted by molar-refractivity contribution is -0.00964. The average Bonchev–Trinajstić information content (AvgIpc) is 2.48. The molecule has 2 N–H and O–H groups in total. The van der Waals surface area contributed by atoms with Gasteiger partial charge < -0.3 is 20.3 Å². The van der Waals surface area contributed by atoms with Crippen LogP contribution >= 0.6 is 0 Å². The molecule has 2 rings (SSSR count). The van der Waals surface area contributed by atoms with E-state index in [9.17, 15) is 0 Å². The Bertz CT molecular complexity index is 234.